The number of ether oxygens (including phenoxy) is 1. The van der Waals surface area contributed by atoms with Crippen LogP contribution in [0, 0.1) is 6.92 Å². The molecule has 0 saturated carbocycles. The Labute approximate surface area is 124 Å². The van der Waals surface area contributed by atoms with Gasteiger partial charge >= 0.3 is 6.61 Å². The largest absolute Gasteiger partial charge is 0.433 e. The van der Waals surface area contributed by atoms with E-state index < -0.39 is 6.61 Å². The van der Waals surface area contributed by atoms with Gasteiger partial charge in [-0.15, -0.1) is 0 Å². The minimum atomic E-state index is -2.96. The van der Waals surface area contributed by atoms with Crippen molar-refractivity contribution in [2.24, 2.45) is 7.05 Å². The van der Waals surface area contributed by atoms with Crippen molar-refractivity contribution in [1.82, 2.24) is 9.78 Å². The van der Waals surface area contributed by atoms with Crippen molar-refractivity contribution in [3.8, 4) is 5.75 Å². The molecule has 1 N–H and O–H groups in total. The zero-order valence-corrected chi connectivity index (χ0v) is 12.0. The molecule has 0 aliphatic carbocycles. The standard InChI is InChI=1S/C13H12ClF2N3O2/c1-7-5-10(19(2)18-7)12(20)17-8-3-4-11(9(14)6-8)21-13(15)16/h3-6,13H,1-2H3,(H,17,20). The summed E-state index contributed by atoms with van der Waals surface area (Å²) in [6.07, 6.45) is 0. The van der Waals surface area contributed by atoms with E-state index in [4.69, 9.17) is 11.6 Å². The molecule has 2 rings (SSSR count). The predicted octanol–water partition coefficient (Wildman–Crippen LogP) is 3.24. The van der Waals surface area contributed by atoms with Gasteiger partial charge in [-0.2, -0.15) is 13.9 Å². The third kappa shape index (κ3) is 3.69. The molecular weight excluding hydrogens is 304 g/mol. The van der Waals surface area contributed by atoms with Crippen LogP contribution in [0.2, 0.25) is 5.02 Å². The molecule has 0 saturated heterocycles. The molecule has 0 atom stereocenters. The van der Waals surface area contributed by atoms with Crippen LogP contribution in [0.1, 0.15) is 16.2 Å². The number of nitrogens with one attached hydrogen (secondary N) is 1. The van der Waals surface area contributed by atoms with E-state index in [1.165, 1.54) is 22.9 Å². The second kappa shape index (κ2) is 6.09. The van der Waals surface area contributed by atoms with Gasteiger partial charge < -0.3 is 10.1 Å². The third-order valence-electron chi connectivity index (χ3n) is 2.64. The first-order valence-electron chi connectivity index (χ1n) is 5.93. The van der Waals surface area contributed by atoms with Crippen LogP contribution in [-0.4, -0.2) is 22.3 Å². The lowest BCUT2D eigenvalue weighted by molar-refractivity contribution is -0.0497. The van der Waals surface area contributed by atoms with Crippen LogP contribution >= 0.6 is 11.6 Å². The van der Waals surface area contributed by atoms with Crippen molar-refractivity contribution >= 4 is 23.2 Å². The smallest absolute Gasteiger partial charge is 0.387 e. The number of aromatic nitrogens is 2. The highest BCUT2D eigenvalue weighted by Gasteiger charge is 2.14. The fourth-order valence-corrected chi connectivity index (χ4v) is 2.01. The lowest BCUT2D eigenvalue weighted by atomic mass is 10.3. The lowest BCUT2D eigenvalue weighted by Crippen LogP contribution is -2.16. The zero-order chi connectivity index (χ0) is 15.6. The molecule has 0 radical (unpaired) electrons. The number of alkyl halides is 2. The normalized spacial score (nSPS) is 10.8. The van der Waals surface area contributed by atoms with E-state index in [0.717, 1.165) is 0 Å². The van der Waals surface area contributed by atoms with Crippen molar-refractivity contribution in [2.45, 2.75) is 13.5 Å². The van der Waals surface area contributed by atoms with Crippen molar-refractivity contribution in [3.05, 3.63) is 40.7 Å². The Bertz CT molecular complexity index is 673. The molecule has 1 amide bonds. The molecule has 112 valence electrons. The van der Waals surface area contributed by atoms with Crippen molar-refractivity contribution in [2.75, 3.05) is 5.32 Å². The molecule has 2 aromatic rings. The molecule has 0 aliphatic rings. The van der Waals surface area contributed by atoms with Gasteiger partial charge in [0.15, 0.2) is 0 Å². The van der Waals surface area contributed by atoms with Crippen LogP contribution in [0.3, 0.4) is 0 Å². The fraction of sp³-hybridized carbons (Fsp3) is 0.231. The van der Waals surface area contributed by atoms with E-state index in [1.807, 2.05) is 0 Å². The average molecular weight is 316 g/mol. The summed E-state index contributed by atoms with van der Waals surface area (Å²) in [6, 6.07) is 5.65. The van der Waals surface area contributed by atoms with Gasteiger partial charge in [0.25, 0.3) is 5.91 Å². The monoisotopic (exact) mass is 315 g/mol. The van der Waals surface area contributed by atoms with Crippen molar-refractivity contribution in [1.29, 1.82) is 0 Å². The zero-order valence-electron chi connectivity index (χ0n) is 11.2. The number of halogens is 3. The summed E-state index contributed by atoms with van der Waals surface area (Å²) in [5, 5.41) is 6.65. The minimum Gasteiger partial charge on any atom is -0.433 e. The van der Waals surface area contributed by atoms with Crippen LogP contribution in [0.4, 0.5) is 14.5 Å². The number of anilines is 1. The summed E-state index contributed by atoms with van der Waals surface area (Å²) in [7, 11) is 1.65. The van der Waals surface area contributed by atoms with Crippen LogP contribution < -0.4 is 10.1 Å². The maximum absolute atomic E-state index is 12.1. The summed E-state index contributed by atoms with van der Waals surface area (Å²) in [6.45, 7) is -1.19. The maximum Gasteiger partial charge on any atom is 0.387 e. The van der Waals surface area contributed by atoms with E-state index in [1.54, 1.807) is 20.0 Å². The first-order valence-corrected chi connectivity index (χ1v) is 6.31. The number of aryl methyl sites for hydroxylation is 2. The summed E-state index contributed by atoms with van der Waals surface area (Å²) in [5.74, 6) is -0.530. The first kappa shape index (κ1) is 15.2. The number of rotatable bonds is 4. The molecular formula is C13H12ClF2N3O2. The Morgan fingerprint density at radius 1 is 1.43 bits per heavy atom. The Balaban J connectivity index is 2.15. The quantitative estimate of drug-likeness (QED) is 0.942. The van der Waals surface area contributed by atoms with Gasteiger partial charge in [0.05, 0.1) is 10.7 Å². The molecule has 0 spiro atoms. The van der Waals surface area contributed by atoms with Crippen LogP contribution in [0.5, 0.6) is 5.75 Å². The van der Waals surface area contributed by atoms with E-state index in [9.17, 15) is 13.6 Å². The molecule has 8 heteroatoms. The maximum atomic E-state index is 12.1. The second-order valence-corrected chi connectivity index (χ2v) is 4.68. The number of nitrogens with zero attached hydrogens (tertiary/aromatic N) is 2. The minimum absolute atomic E-state index is 0.0192. The Hall–Kier alpha value is -2.15. The number of carbonyl (C=O) groups excluding carboxylic acids is 1. The first-order chi connectivity index (χ1) is 9.86. The van der Waals surface area contributed by atoms with Gasteiger partial charge in [0.2, 0.25) is 0 Å². The Morgan fingerprint density at radius 2 is 2.14 bits per heavy atom. The van der Waals surface area contributed by atoms with E-state index >= 15 is 0 Å². The third-order valence-corrected chi connectivity index (χ3v) is 2.94. The molecule has 0 fully saturated rings. The van der Waals surface area contributed by atoms with Gasteiger partial charge in [-0.05, 0) is 31.2 Å². The lowest BCUT2D eigenvalue weighted by Gasteiger charge is -2.09. The fourth-order valence-electron chi connectivity index (χ4n) is 1.79. The van der Waals surface area contributed by atoms with E-state index in [-0.39, 0.29) is 16.7 Å². The summed E-state index contributed by atoms with van der Waals surface area (Å²) >= 11 is 5.81. The van der Waals surface area contributed by atoms with E-state index in [0.29, 0.717) is 17.1 Å². The van der Waals surface area contributed by atoms with Gasteiger partial charge in [0, 0.05) is 12.7 Å². The number of hydrogen-bond acceptors (Lipinski definition) is 3. The molecule has 5 nitrogen and oxygen atoms in total. The van der Waals surface area contributed by atoms with Crippen molar-refractivity contribution < 1.29 is 18.3 Å². The topological polar surface area (TPSA) is 56.1 Å². The molecule has 1 aromatic heterocycles. The van der Waals surface area contributed by atoms with Crippen molar-refractivity contribution in [3.63, 3.8) is 0 Å². The molecule has 0 unspecified atom stereocenters. The van der Waals surface area contributed by atoms with Gasteiger partial charge in [-0.25, -0.2) is 0 Å². The summed E-state index contributed by atoms with van der Waals surface area (Å²) < 4.78 is 29.9. The summed E-state index contributed by atoms with van der Waals surface area (Å²) in [4.78, 5) is 12.1. The van der Waals surface area contributed by atoms with E-state index in [2.05, 4.69) is 15.2 Å². The number of carbonyl (C=O) groups is 1. The number of hydrogen-bond donors (Lipinski definition) is 1. The highest BCUT2D eigenvalue weighted by molar-refractivity contribution is 6.32. The predicted molar refractivity (Wildman–Crippen MR) is 74.0 cm³/mol. The van der Waals surface area contributed by atoms with Gasteiger partial charge in [-0.3, -0.25) is 9.48 Å². The molecule has 21 heavy (non-hydrogen) atoms. The number of amides is 1. The Kier molecular flexibility index (Phi) is 4.42. The van der Waals surface area contributed by atoms with Crippen LogP contribution in [-0.2, 0) is 7.05 Å². The van der Waals surface area contributed by atoms with Crippen LogP contribution in [0.25, 0.3) is 0 Å². The molecule has 1 heterocycles. The Morgan fingerprint density at radius 3 is 2.67 bits per heavy atom. The molecule has 0 aliphatic heterocycles. The molecule has 1 aromatic carbocycles. The average Bonchev–Trinajstić information content (AvgIpc) is 2.71. The number of benzene rings is 1. The SMILES string of the molecule is Cc1cc(C(=O)Nc2ccc(OC(F)F)c(Cl)c2)n(C)n1. The van der Waals surface area contributed by atoms with Gasteiger partial charge in [-0.1, -0.05) is 11.6 Å². The highest BCUT2D eigenvalue weighted by Crippen LogP contribution is 2.29. The van der Waals surface area contributed by atoms with Gasteiger partial charge in [0.1, 0.15) is 11.4 Å². The van der Waals surface area contributed by atoms with Crippen LogP contribution in [0.15, 0.2) is 24.3 Å². The molecule has 0 bridgehead atoms. The highest BCUT2D eigenvalue weighted by atomic mass is 35.5. The summed E-state index contributed by atoms with van der Waals surface area (Å²) in [5.41, 5.74) is 1.45. The second-order valence-electron chi connectivity index (χ2n) is 4.27.